The van der Waals surface area contributed by atoms with Crippen molar-refractivity contribution >= 4 is 0 Å². The molecule has 0 amide bonds. The van der Waals surface area contributed by atoms with Crippen molar-refractivity contribution < 1.29 is 9.84 Å². The van der Waals surface area contributed by atoms with Crippen molar-refractivity contribution in [3.8, 4) is 5.75 Å². The van der Waals surface area contributed by atoms with E-state index >= 15 is 0 Å². The zero-order valence-electron chi connectivity index (χ0n) is 18.6. The molecule has 1 aromatic heterocycles. The number of benzene rings is 1. The molecule has 2 N–H and O–H groups in total. The summed E-state index contributed by atoms with van der Waals surface area (Å²) in [6.45, 7) is 6.27. The predicted octanol–water partition coefficient (Wildman–Crippen LogP) is 3.39. The van der Waals surface area contributed by atoms with Crippen molar-refractivity contribution in [2.45, 2.75) is 71.2 Å². The highest BCUT2D eigenvalue weighted by Gasteiger charge is 2.20. The second-order valence-electron chi connectivity index (χ2n) is 8.51. The second-order valence-corrected chi connectivity index (χ2v) is 8.51. The van der Waals surface area contributed by atoms with E-state index in [-0.39, 0.29) is 0 Å². The number of aliphatic hydroxyl groups excluding tert-OH is 1. The molecule has 0 spiro atoms. The maximum Gasteiger partial charge on any atom is 0.142 e. The van der Waals surface area contributed by atoms with Crippen LogP contribution in [0.1, 0.15) is 54.9 Å². The first kappa shape index (κ1) is 22.7. The first-order valence-corrected chi connectivity index (χ1v) is 11.1. The van der Waals surface area contributed by atoms with Gasteiger partial charge in [-0.15, -0.1) is 0 Å². The number of aliphatic hydroxyl groups is 1. The maximum atomic E-state index is 10.4. The third-order valence-corrected chi connectivity index (χ3v) is 5.68. The summed E-state index contributed by atoms with van der Waals surface area (Å²) in [5, 5.41) is 13.8. The lowest BCUT2D eigenvalue weighted by Crippen LogP contribution is -2.40. The van der Waals surface area contributed by atoms with Gasteiger partial charge in [0, 0.05) is 30.5 Å². The van der Waals surface area contributed by atoms with Gasteiger partial charge in [-0.05, 0) is 57.5 Å². The van der Waals surface area contributed by atoms with Crippen molar-refractivity contribution in [2.24, 2.45) is 0 Å². The number of aromatic nitrogens is 2. The maximum absolute atomic E-state index is 10.4. The molecule has 164 valence electrons. The summed E-state index contributed by atoms with van der Waals surface area (Å²) in [5.41, 5.74) is 3.11. The molecule has 6 heteroatoms. The van der Waals surface area contributed by atoms with E-state index in [0.29, 0.717) is 32.3 Å². The fraction of sp³-hybridized carbons (Fsp3) is 0.583. The van der Waals surface area contributed by atoms with Gasteiger partial charge in [0.25, 0.3) is 0 Å². The molecule has 3 rings (SSSR count). The molecule has 0 aliphatic heterocycles. The Balaban J connectivity index is 1.42. The molecule has 0 bridgehead atoms. The molecule has 0 radical (unpaired) electrons. The van der Waals surface area contributed by atoms with Crippen LogP contribution in [0.3, 0.4) is 0 Å². The average Bonchev–Trinajstić information content (AvgIpc) is 2.72. The summed E-state index contributed by atoms with van der Waals surface area (Å²) >= 11 is 0. The molecule has 6 nitrogen and oxygen atoms in total. The number of nitrogens with one attached hydrogen (secondary N) is 1. The highest BCUT2D eigenvalue weighted by Crippen LogP contribution is 2.21. The van der Waals surface area contributed by atoms with Crippen LogP contribution in [0.2, 0.25) is 0 Å². The van der Waals surface area contributed by atoms with Crippen LogP contribution in [0.25, 0.3) is 0 Å². The Hall–Kier alpha value is -2.02. The highest BCUT2D eigenvalue weighted by atomic mass is 16.5. The van der Waals surface area contributed by atoms with Gasteiger partial charge in [-0.3, -0.25) is 0 Å². The lowest BCUT2D eigenvalue weighted by molar-refractivity contribution is 0.0561. The number of hydrogen-bond acceptors (Lipinski definition) is 6. The summed E-state index contributed by atoms with van der Waals surface area (Å²) in [4.78, 5) is 11.2. The SMILES string of the molecule is Cc1cc(C)nc(CNCc2cccc(OCC(O)CN(C)C3CCCCC3)c2)n1. The van der Waals surface area contributed by atoms with Gasteiger partial charge in [0.2, 0.25) is 0 Å². The van der Waals surface area contributed by atoms with Crippen molar-refractivity contribution in [3.63, 3.8) is 0 Å². The van der Waals surface area contributed by atoms with Gasteiger partial charge in [-0.25, -0.2) is 9.97 Å². The van der Waals surface area contributed by atoms with Crippen molar-refractivity contribution in [3.05, 3.63) is 53.1 Å². The minimum absolute atomic E-state index is 0.310. The van der Waals surface area contributed by atoms with Crippen LogP contribution in [0.5, 0.6) is 5.75 Å². The Morgan fingerprint density at radius 1 is 1.10 bits per heavy atom. The molecular formula is C24H36N4O2. The molecule has 1 aromatic carbocycles. The van der Waals surface area contributed by atoms with Crippen LogP contribution >= 0.6 is 0 Å². The molecule has 2 aromatic rings. The van der Waals surface area contributed by atoms with E-state index in [1.165, 1.54) is 32.1 Å². The quantitative estimate of drug-likeness (QED) is 0.623. The third kappa shape index (κ3) is 7.35. The Morgan fingerprint density at radius 3 is 2.57 bits per heavy atom. The monoisotopic (exact) mass is 412 g/mol. The summed E-state index contributed by atoms with van der Waals surface area (Å²) in [6.07, 6.45) is 5.95. The van der Waals surface area contributed by atoms with Crippen LogP contribution in [0, 0.1) is 13.8 Å². The first-order chi connectivity index (χ1) is 14.5. The molecule has 30 heavy (non-hydrogen) atoms. The van der Waals surface area contributed by atoms with Gasteiger partial charge >= 0.3 is 0 Å². The first-order valence-electron chi connectivity index (χ1n) is 11.1. The van der Waals surface area contributed by atoms with Crippen molar-refractivity contribution in [2.75, 3.05) is 20.2 Å². The lowest BCUT2D eigenvalue weighted by atomic mass is 9.94. The van der Waals surface area contributed by atoms with Crippen LogP contribution in [0.4, 0.5) is 0 Å². The molecule has 1 saturated carbocycles. The van der Waals surface area contributed by atoms with Gasteiger partial charge in [0.15, 0.2) is 0 Å². The summed E-state index contributed by atoms with van der Waals surface area (Å²) in [7, 11) is 2.12. The molecule has 1 aliphatic rings. The number of likely N-dealkylation sites (N-methyl/N-ethyl adjacent to an activating group) is 1. The summed E-state index contributed by atoms with van der Waals surface area (Å²) in [5.74, 6) is 1.60. The number of hydrogen-bond donors (Lipinski definition) is 2. The summed E-state index contributed by atoms with van der Waals surface area (Å²) in [6, 6.07) is 10.6. The minimum Gasteiger partial charge on any atom is -0.491 e. The van der Waals surface area contributed by atoms with Gasteiger partial charge in [0.05, 0.1) is 6.54 Å². The fourth-order valence-corrected chi connectivity index (χ4v) is 4.19. The standard InChI is InChI=1S/C24H36N4O2/c1-18-12-19(2)27-24(26-18)15-25-14-20-8-7-11-23(13-20)30-17-22(29)16-28(3)21-9-5-4-6-10-21/h7-8,11-13,21-22,25,29H,4-6,9-10,14-17H2,1-3H3. The van der Waals surface area contributed by atoms with E-state index in [2.05, 4.69) is 33.3 Å². The third-order valence-electron chi connectivity index (χ3n) is 5.68. The number of ether oxygens (including phenoxy) is 1. The predicted molar refractivity (Wildman–Crippen MR) is 119 cm³/mol. The number of nitrogens with zero attached hydrogens (tertiary/aromatic N) is 3. The largest absolute Gasteiger partial charge is 0.491 e. The average molecular weight is 413 g/mol. The summed E-state index contributed by atoms with van der Waals surface area (Å²) < 4.78 is 5.86. The molecule has 1 unspecified atom stereocenters. The molecule has 0 saturated heterocycles. The molecule has 1 aliphatic carbocycles. The Bertz CT molecular complexity index is 772. The molecular weight excluding hydrogens is 376 g/mol. The molecule has 1 atom stereocenters. The van der Waals surface area contributed by atoms with Crippen LogP contribution < -0.4 is 10.1 Å². The van der Waals surface area contributed by atoms with E-state index in [1.54, 1.807) is 0 Å². The van der Waals surface area contributed by atoms with Gasteiger partial charge in [-0.2, -0.15) is 0 Å². The van der Waals surface area contributed by atoms with E-state index in [9.17, 15) is 5.11 Å². The van der Waals surface area contributed by atoms with Crippen molar-refractivity contribution in [1.82, 2.24) is 20.2 Å². The Kier molecular flexibility index (Phi) is 8.61. The molecule has 1 fully saturated rings. The van der Waals surface area contributed by atoms with Crippen molar-refractivity contribution in [1.29, 1.82) is 0 Å². The van der Waals surface area contributed by atoms with Gasteiger partial charge in [0.1, 0.15) is 24.3 Å². The van der Waals surface area contributed by atoms with Crippen LogP contribution in [0.15, 0.2) is 30.3 Å². The normalized spacial score (nSPS) is 16.0. The lowest BCUT2D eigenvalue weighted by Gasteiger charge is -2.32. The van der Waals surface area contributed by atoms with E-state index in [1.807, 2.05) is 38.1 Å². The topological polar surface area (TPSA) is 70.5 Å². The molecule has 1 heterocycles. The minimum atomic E-state index is -0.486. The zero-order chi connectivity index (χ0) is 21.3. The highest BCUT2D eigenvalue weighted by molar-refractivity contribution is 5.28. The van der Waals surface area contributed by atoms with E-state index in [4.69, 9.17) is 4.74 Å². The van der Waals surface area contributed by atoms with E-state index < -0.39 is 6.10 Å². The van der Waals surface area contributed by atoms with Crippen LogP contribution in [-0.4, -0.2) is 52.3 Å². The van der Waals surface area contributed by atoms with Crippen LogP contribution in [-0.2, 0) is 13.1 Å². The zero-order valence-corrected chi connectivity index (χ0v) is 18.6. The second kappa shape index (κ2) is 11.4. The number of aryl methyl sites for hydroxylation is 2. The number of rotatable bonds is 10. The van der Waals surface area contributed by atoms with Gasteiger partial charge < -0.3 is 20.1 Å². The Labute approximate surface area is 180 Å². The van der Waals surface area contributed by atoms with E-state index in [0.717, 1.165) is 28.5 Å². The van der Waals surface area contributed by atoms with Gasteiger partial charge in [-0.1, -0.05) is 31.4 Å². The Morgan fingerprint density at radius 2 is 1.83 bits per heavy atom. The fourth-order valence-electron chi connectivity index (χ4n) is 4.19. The smallest absolute Gasteiger partial charge is 0.142 e.